The zero-order chi connectivity index (χ0) is 20.7. The Kier molecular flexibility index (Phi) is 4.59. The van der Waals surface area contributed by atoms with Gasteiger partial charge < -0.3 is 13.8 Å². The van der Waals surface area contributed by atoms with Crippen molar-refractivity contribution >= 4 is 17.5 Å². The highest BCUT2D eigenvalue weighted by atomic mass is 35.5. The molecule has 4 heterocycles. The first kappa shape index (κ1) is 18.6. The summed E-state index contributed by atoms with van der Waals surface area (Å²) >= 11 is 6.09. The maximum absolute atomic E-state index is 13.2. The molecule has 1 atom stereocenters. The number of carbonyl (C=O) groups excluding carboxylic acids is 1. The number of carbonyl (C=O) groups is 1. The van der Waals surface area contributed by atoms with E-state index in [1.807, 2.05) is 0 Å². The van der Waals surface area contributed by atoms with Crippen LogP contribution in [0.2, 0.25) is 5.02 Å². The average Bonchev–Trinajstić information content (AvgIpc) is 3.51. The molecule has 8 nitrogen and oxygen atoms in total. The summed E-state index contributed by atoms with van der Waals surface area (Å²) < 4.78 is 23.9. The monoisotopic (exact) mass is 427 g/mol. The highest BCUT2D eigenvalue weighted by Crippen LogP contribution is 2.31. The molecule has 10 heteroatoms. The smallest absolute Gasteiger partial charge is 0.275 e. The van der Waals surface area contributed by atoms with Gasteiger partial charge in [-0.15, -0.1) is 0 Å². The highest BCUT2D eigenvalue weighted by molar-refractivity contribution is 6.31. The number of aromatic amines is 1. The maximum atomic E-state index is 13.2. The number of aromatic nitrogens is 4. The number of likely N-dealkylation sites (tertiary alicyclic amines) is 1. The zero-order valence-corrected chi connectivity index (χ0v) is 16.3. The molecule has 1 fully saturated rings. The molecule has 152 valence electrons. The normalized spacial score (nSPS) is 16.5. The third-order valence-corrected chi connectivity index (χ3v) is 5.33. The molecule has 1 aliphatic heterocycles. The van der Waals surface area contributed by atoms with Crippen LogP contribution in [0.4, 0.5) is 4.39 Å². The van der Waals surface area contributed by atoms with Crippen molar-refractivity contribution in [3.8, 4) is 23.0 Å². The maximum Gasteiger partial charge on any atom is 0.275 e. The van der Waals surface area contributed by atoms with Crippen molar-refractivity contribution in [2.24, 2.45) is 0 Å². The lowest BCUT2D eigenvalue weighted by Gasteiger charge is -2.17. The molecule has 1 amide bonds. The first-order valence-corrected chi connectivity index (χ1v) is 9.59. The van der Waals surface area contributed by atoms with E-state index < -0.39 is 5.82 Å². The summed E-state index contributed by atoms with van der Waals surface area (Å²) in [5, 5.41) is 11.4. The number of H-pyrrole nitrogens is 1. The molecule has 1 aromatic carbocycles. The fourth-order valence-electron chi connectivity index (χ4n) is 3.45. The van der Waals surface area contributed by atoms with E-state index in [0.29, 0.717) is 46.6 Å². The number of rotatable bonds is 5. The molecule has 0 spiro atoms. The van der Waals surface area contributed by atoms with E-state index in [4.69, 9.17) is 20.5 Å². The second-order valence-electron chi connectivity index (χ2n) is 7.01. The van der Waals surface area contributed by atoms with E-state index >= 15 is 0 Å². The number of hydrogen-bond acceptors (Lipinski definition) is 6. The molecule has 1 aliphatic rings. The van der Waals surface area contributed by atoms with E-state index in [1.165, 1.54) is 12.1 Å². The predicted molar refractivity (Wildman–Crippen MR) is 104 cm³/mol. The molecule has 1 N–H and O–H groups in total. The second kappa shape index (κ2) is 7.42. The Morgan fingerprint density at radius 2 is 2.20 bits per heavy atom. The minimum atomic E-state index is -0.414. The summed E-state index contributed by atoms with van der Waals surface area (Å²) in [5.74, 6) is 0.675. The van der Waals surface area contributed by atoms with Crippen molar-refractivity contribution in [2.75, 3.05) is 6.54 Å². The lowest BCUT2D eigenvalue weighted by atomic mass is 10.1. The van der Waals surface area contributed by atoms with E-state index in [2.05, 4.69) is 20.3 Å². The number of halogens is 2. The van der Waals surface area contributed by atoms with Crippen molar-refractivity contribution in [3.05, 3.63) is 64.9 Å². The number of benzene rings is 1. The van der Waals surface area contributed by atoms with Crippen molar-refractivity contribution < 1.29 is 18.1 Å². The molecular formula is C20H15ClFN5O3. The molecule has 0 bridgehead atoms. The largest absolute Gasteiger partial charge is 0.463 e. The van der Waals surface area contributed by atoms with Gasteiger partial charge in [0.25, 0.3) is 5.89 Å². The molecule has 4 aromatic rings. The molecule has 30 heavy (non-hydrogen) atoms. The molecule has 0 saturated carbocycles. The Bertz CT molecular complexity index is 1200. The van der Waals surface area contributed by atoms with Gasteiger partial charge in [-0.1, -0.05) is 22.8 Å². The lowest BCUT2D eigenvalue weighted by Crippen LogP contribution is -2.24. The van der Waals surface area contributed by atoms with Crippen molar-refractivity contribution in [1.82, 2.24) is 25.2 Å². The van der Waals surface area contributed by atoms with Gasteiger partial charge in [0, 0.05) is 36.5 Å². The van der Waals surface area contributed by atoms with Crippen molar-refractivity contribution in [1.29, 1.82) is 0 Å². The fourth-order valence-corrected chi connectivity index (χ4v) is 3.67. The van der Waals surface area contributed by atoms with Crippen LogP contribution in [0.5, 0.6) is 0 Å². The second-order valence-corrected chi connectivity index (χ2v) is 7.42. The SMILES string of the molecule is O=C1CC(c2noc(-c3cc(-c4ccco4)n[nH]3)n2)CN1Cc1ccc(F)cc1Cl. The predicted octanol–water partition coefficient (Wildman–Crippen LogP) is 4.03. The minimum absolute atomic E-state index is 0.0478. The molecule has 5 rings (SSSR count). The van der Waals surface area contributed by atoms with Crippen molar-refractivity contribution in [2.45, 2.75) is 18.9 Å². The number of hydrogen-bond donors (Lipinski definition) is 1. The van der Waals surface area contributed by atoms with Gasteiger partial charge in [0.05, 0.1) is 6.26 Å². The van der Waals surface area contributed by atoms with Gasteiger partial charge in [-0.3, -0.25) is 9.89 Å². The van der Waals surface area contributed by atoms with Gasteiger partial charge in [0.2, 0.25) is 5.91 Å². The van der Waals surface area contributed by atoms with Gasteiger partial charge in [0.15, 0.2) is 11.6 Å². The van der Waals surface area contributed by atoms with Crippen LogP contribution in [0.3, 0.4) is 0 Å². The fraction of sp³-hybridized carbons (Fsp3) is 0.200. The van der Waals surface area contributed by atoms with Crippen LogP contribution < -0.4 is 0 Å². The van der Waals surface area contributed by atoms with E-state index in [-0.39, 0.29) is 24.1 Å². The Labute approximate surface area is 174 Å². The summed E-state index contributed by atoms with van der Waals surface area (Å²) in [6.07, 6.45) is 1.83. The quantitative estimate of drug-likeness (QED) is 0.516. The summed E-state index contributed by atoms with van der Waals surface area (Å²) in [5.41, 5.74) is 1.86. The summed E-state index contributed by atoms with van der Waals surface area (Å²) in [4.78, 5) is 18.5. The van der Waals surface area contributed by atoms with E-state index in [9.17, 15) is 9.18 Å². The Hall–Kier alpha value is -3.46. The van der Waals surface area contributed by atoms with Gasteiger partial charge in [-0.2, -0.15) is 10.1 Å². The van der Waals surface area contributed by atoms with Crippen LogP contribution in [0, 0.1) is 5.82 Å². The highest BCUT2D eigenvalue weighted by Gasteiger charge is 2.34. The topological polar surface area (TPSA) is 101 Å². The van der Waals surface area contributed by atoms with Crippen LogP contribution in [0.15, 0.2) is 51.6 Å². The molecule has 0 radical (unpaired) electrons. The summed E-state index contributed by atoms with van der Waals surface area (Å²) in [6.45, 7) is 0.721. The van der Waals surface area contributed by atoms with Crippen LogP contribution in [0.25, 0.3) is 23.0 Å². The van der Waals surface area contributed by atoms with Gasteiger partial charge >= 0.3 is 0 Å². The van der Waals surface area contributed by atoms with E-state index in [0.717, 1.165) is 0 Å². The van der Waals surface area contributed by atoms with E-state index in [1.54, 1.807) is 35.4 Å². The number of nitrogens with one attached hydrogen (secondary N) is 1. The molecule has 0 aliphatic carbocycles. The first-order valence-electron chi connectivity index (χ1n) is 9.22. The summed E-state index contributed by atoms with van der Waals surface area (Å²) in [7, 11) is 0. The Balaban J connectivity index is 1.30. The third kappa shape index (κ3) is 3.48. The Morgan fingerprint density at radius 3 is 3.00 bits per heavy atom. The molecule has 3 aromatic heterocycles. The average molecular weight is 428 g/mol. The number of amides is 1. The Morgan fingerprint density at radius 1 is 1.30 bits per heavy atom. The molecule has 1 unspecified atom stereocenters. The van der Waals surface area contributed by atoms with Crippen LogP contribution in [-0.2, 0) is 11.3 Å². The van der Waals surface area contributed by atoms with Gasteiger partial charge in [0.1, 0.15) is 17.2 Å². The molecule has 1 saturated heterocycles. The standard InChI is InChI=1S/C20H15ClFN5O3/c21-14-7-13(22)4-3-11(14)9-27-10-12(6-18(27)28)19-23-20(30-26-19)16-8-15(24-25-16)17-2-1-5-29-17/h1-5,7-8,12H,6,9-10H2,(H,24,25). The van der Waals surface area contributed by atoms with Crippen LogP contribution >= 0.6 is 11.6 Å². The number of nitrogens with zero attached hydrogens (tertiary/aromatic N) is 4. The van der Waals surface area contributed by atoms with Crippen LogP contribution in [0.1, 0.15) is 23.7 Å². The number of furan rings is 1. The molecular weight excluding hydrogens is 413 g/mol. The van der Waals surface area contributed by atoms with Crippen molar-refractivity contribution in [3.63, 3.8) is 0 Å². The minimum Gasteiger partial charge on any atom is -0.463 e. The third-order valence-electron chi connectivity index (χ3n) is 4.98. The van der Waals surface area contributed by atoms with Gasteiger partial charge in [-0.05, 0) is 29.8 Å². The van der Waals surface area contributed by atoms with Gasteiger partial charge in [-0.25, -0.2) is 4.39 Å². The summed E-state index contributed by atoms with van der Waals surface area (Å²) in [6, 6.07) is 9.47. The first-order chi connectivity index (χ1) is 14.6. The van der Waals surface area contributed by atoms with Crippen LogP contribution in [-0.4, -0.2) is 37.7 Å². The lowest BCUT2D eigenvalue weighted by molar-refractivity contribution is -0.128. The zero-order valence-electron chi connectivity index (χ0n) is 15.5.